The van der Waals surface area contributed by atoms with Gasteiger partial charge in [-0.05, 0) is 12.1 Å². The fourth-order valence-electron chi connectivity index (χ4n) is 1.18. The van der Waals surface area contributed by atoms with Crippen LogP contribution < -0.4 is 10.6 Å². The van der Waals surface area contributed by atoms with Crippen LogP contribution in [0.15, 0.2) is 30.6 Å². The number of amides is 1. The number of carbonyl (C=O) groups is 1. The van der Waals surface area contributed by atoms with Gasteiger partial charge in [-0.1, -0.05) is 6.08 Å². The monoisotopic (exact) mass is 175 g/mol. The maximum atomic E-state index is 11.3. The quantitative estimate of drug-likeness (QED) is 0.690. The molecule has 2 N–H and O–H groups in total. The molecule has 0 saturated heterocycles. The molecule has 2 heterocycles. The van der Waals surface area contributed by atoms with Gasteiger partial charge >= 0.3 is 0 Å². The van der Waals surface area contributed by atoms with E-state index in [4.69, 9.17) is 5.73 Å². The van der Waals surface area contributed by atoms with Crippen molar-refractivity contribution < 1.29 is 4.79 Å². The van der Waals surface area contributed by atoms with Crippen molar-refractivity contribution in [1.29, 1.82) is 0 Å². The Kier molecular flexibility index (Phi) is 1.73. The zero-order chi connectivity index (χ0) is 9.26. The van der Waals surface area contributed by atoms with Crippen molar-refractivity contribution in [2.24, 2.45) is 0 Å². The number of rotatable bonds is 1. The Morgan fingerprint density at radius 3 is 2.85 bits per heavy atom. The molecule has 0 atom stereocenters. The number of carbonyl (C=O) groups excluding carboxylic acids is 1. The van der Waals surface area contributed by atoms with E-state index in [0.717, 1.165) is 0 Å². The summed E-state index contributed by atoms with van der Waals surface area (Å²) in [5.41, 5.74) is 6.07. The van der Waals surface area contributed by atoms with E-state index in [1.54, 1.807) is 24.4 Å². The standard InChI is InChI=1S/C9H9N3O/c10-7-3-4-8(11-6-7)12-5-1-2-9(12)13/h1,3-6H,2,10H2. The molecule has 4 heteroatoms. The fourth-order valence-corrected chi connectivity index (χ4v) is 1.18. The molecule has 2 rings (SSSR count). The molecular formula is C9H9N3O. The Balaban J connectivity index is 2.30. The van der Waals surface area contributed by atoms with Gasteiger partial charge in [-0.3, -0.25) is 9.69 Å². The molecular weight excluding hydrogens is 166 g/mol. The maximum Gasteiger partial charge on any atom is 0.236 e. The minimum atomic E-state index is 0.0391. The van der Waals surface area contributed by atoms with Crippen LogP contribution in [0.3, 0.4) is 0 Å². The van der Waals surface area contributed by atoms with Gasteiger partial charge in [0.25, 0.3) is 0 Å². The van der Waals surface area contributed by atoms with Gasteiger partial charge in [0.2, 0.25) is 5.91 Å². The highest BCUT2D eigenvalue weighted by atomic mass is 16.2. The van der Waals surface area contributed by atoms with Crippen molar-refractivity contribution in [3.63, 3.8) is 0 Å². The third kappa shape index (κ3) is 1.38. The highest BCUT2D eigenvalue weighted by Crippen LogP contribution is 2.17. The van der Waals surface area contributed by atoms with Crippen LogP contribution >= 0.6 is 0 Å². The van der Waals surface area contributed by atoms with Crippen molar-refractivity contribution in [3.8, 4) is 0 Å². The van der Waals surface area contributed by atoms with Gasteiger partial charge in [0, 0.05) is 12.6 Å². The van der Waals surface area contributed by atoms with Crippen molar-refractivity contribution >= 4 is 17.4 Å². The first kappa shape index (κ1) is 7.79. The molecule has 0 saturated carbocycles. The lowest BCUT2D eigenvalue weighted by Crippen LogP contribution is -2.20. The Hall–Kier alpha value is -1.84. The third-order valence-electron chi connectivity index (χ3n) is 1.83. The first-order chi connectivity index (χ1) is 6.27. The molecule has 0 aliphatic carbocycles. The van der Waals surface area contributed by atoms with Crippen LogP contribution in [-0.2, 0) is 4.79 Å². The van der Waals surface area contributed by atoms with E-state index in [2.05, 4.69) is 4.98 Å². The van der Waals surface area contributed by atoms with E-state index < -0.39 is 0 Å². The van der Waals surface area contributed by atoms with E-state index in [9.17, 15) is 4.79 Å². The molecule has 13 heavy (non-hydrogen) atoms. The summed E-state index contributed by atoms with van der Waals surface area (Å²) in [6.07, 6.45) is 5.52. The number of anilines is 2. The first-order valence-electron chi connectivity index (χ1n) is 3.97. The lowest BCUT2D eigenvalue weighted by Gasteiger charge is -2.11. The smallest absolute Gasteiger partial charge is 0.236 e. The molecule has 1 amide bonds. The zero-order valence-electron chi connectivity index (χ0n) is 6.97. The molecule has 1 aromatic heterocycles. The molecule has 0 fully saturated rings. The molecule has 4 nitrogen and oxygen atoms in total. The van der Waals surface area contributed by atoms with Gasteiger partial charge in [0.1, 0.15) is 5.82 Å². The summed E-state index contributed by atoms with van der Waals surface area (Å²) in [4.78, 5) is 16.8. The molecule has 0 spiro atoms. The van der Waals surface area contributed by atoms with Crippen LogP contribution in [0.4, 0.5) is 11.5 Å². The molecule has 0 bridgehead atoms. The van der Waals surface area contributed by atoms with Crippen LogP contribution in [0.1, 0.15) is 6.42 Å². The number of pyridine rings is 1. The van der Waals surface area contributed by atoms with Crippen LogP contribution in [0.2, 0.25) is 0 Å². The number of hydrogen-bond acceptors (Lipinski definition) is 3. The summed E-state index contributed by atoms with van der Waals surface area (Å²) in [5, 5.41) is 0. The van der Waals surface area contributed by atoms with Crippen molar-refractivity contribution in [1.82, 2.24) is 4.98 Å². The number of nitrogen functional groups attached to an aromatic ring is 1. The van der Waals surface area contributed by atoms with Crippen LogP contribution in [0, 0.1) is 0 Å². The topological polar surface area (TPSA) is 59.2 Å². The van der Waals surface area contributed by atoms with Gasteiger partial charge in [0.15, 0.2) is 0 Å². The van der Waals surface area contributed by atoms with Gasteiger partial charge < -0.3 is 5.73 Å². The van der Waals surface area contributed by atoms with E-state index in [1.807, 2.05) is 0 Å². The van der Waals surface area contributed by atoms with Crippen molar-refractivity contribution in [2.45, 2.75) is 6.42 Å². The Labute approximate surface area is 75.7 Å². The number of nitrogens with two attached hydrogens (primary N) is 1. The average molecular weight is 175 g/mol. The average Bonchev–Trinajstić information content (AvgIpc) is 2.53. The largest absolute Gasteiger partial charge is 0.397 e. The minimum Gasteiger partial charge on any atom is -0.397 e. The highest BCUT2D eigenvalue weighted by Gasteiger charge is 2.17. The summed E-state index contributed by atoms with van der Waals surface area (Å²) >= 11 is 0. The predicted octanol–water partition coefficient (Wildman–Crippen LogP) is 0.914. The van der Waals surface area contributed by atoms with Crippen molar-refractivity contribution in [2.75, 3.05) is 10.6 Å². The number of aromatic nitrogens is 1. The number of nitrogens with zero attached hydrogens (tertiary/aromatic N) is 2. The van der Waals surface area contributed by atoms with E-state index >= 15 is 0 Å². The molecule has 0 unspecified atom stereocenters. The molecule has 1 aromatic rings. The second-order valence-corrected chi connectivity index (χ2v) is 2.80. The summed E-state index contributed by atoms with van der Waals surface area (Å²) in [5.74, 6) is 0.658. The summed E-state index contributed by atoms with van der Waals surface area (Å²) in [6, 6.07) is 3.45. The second-order valence-electron chi connectivity index (χ2n) is 2.80. The van der Waals surface area contributed by atoms with Gasteiger partial charge in [0.05, 0.1) is 11.9 Å². The third-order valence-corrected chi connectivity index (χ3v) is 1.83. The molecule has 66 valence electrons. The second kappa shape index (κ2) is 2.90. The van der Waals surface area contributed by atoms with E-state index in [0.29, 0.717) is 17.9 Å². The fraction of sp³-hybridized carbons (Fsp3) is 0.111. The zero-order valence-corrected chi connectivity index (χ0v) is 6.97. The molecule has 1 aliphatic heterocycles. The van der Waals surface area contributed by atoms with Gasteiger partial charge in [-0.15, -0.1) is 0 Å². The van der Waals surface area contributed by atoms with Crippen LogP contribution in [0.25, 0.3) is 0 Å². The highest BCUT2D eigenvalue weighted by molar-refractivity contribution is 5.97. The maximum absolute atomic E-state index is 11.3. The van der Waals surface area contributed by atoms with Crippen LogP contribution in [-0.4, -0.2) is 10.9 Å². The first-order valence-corrected chi connectivity index (χ1v) is 3.97. The van der Waals surface area contributed by atoms with Gasteiger partial charge in [-0.25, -0.2) is 4.98 Å². The van der Waals surface area contributed by atoms with Crippen LogP contribution in [0.5, 0.6) is 0 Å². The van der Waals surface area contributed by atoms with E-state index in [1.165, 1.54) is 11.1 Å². The Morgan fingerprint density at radius 2 is 2.31 bits per heavy atom. The Bertz CT molecular complexity index is 356. The minimum absolute atomic E-state index is 0.0391. The lowest BCUT2D eigenvalue weighted by atomic mass is 10.4. The summed E-state index contributed by atoms with van der Waals surface area (Å²) in [6.45, 7) is 0. The molecule has 1 aliphatic rings. The predicted molar refractivity (Wildman–Crippen MR) is 49.9 cm³/mol. The van der Waals surface area contributed by atoms with E-state index in [-0.39, 0.29) is 5.91 Å². The molecule has 0 aromatic carbocycles. The SMILES string of the molecule is Nc1ccc(N2C=CCC2=O)nc1. The summed E-state index contributed by atoms with van der Waals surface area (Å²) < 4.78 is 0. The van der Waals surface area contributed by atoms with Gasteiger partial charge in [-0.2, -0.15) is 0 Å². The van der Waals surface area contributed by atoms with Crippen molar-refractivity contribution in [3.05, 3.63) is 30.6 Å². The summed E-state index contributed by atoms with van der Waals surface area (Å²) in [7, 11) is 0. The Morgan fingerprint density at radius 1 is 1.46 bits per heavy atom. The number of hydrogen-bond donors (Lipinski definition) is 1. The molecule has 0 radical (unpaired) electrons. The normalized spacial score (nSPS) is 15.4. The lowest BCUT2D eigenvalue weighted by molar-refractivity contribution is -0.116.